The molecule has 23 heavy (non-hydrogen) atoms. The van der Waals surface area contributed by atoms with E-state index >= 15 is 0 Å². The number of thioether (sulfide) groups is 1. The molecule has 3 aromatic heterocycles. The number of nitrogens with one attached hydrogen (secondary N) is 1. The van der Waals surface area contributed by atoms with Gasteiger partial charge < -0.3 is 14.3 Å². The quantitative estimate of drug-likeness (QED) is 0.693. The van der Waals surface area contributed by atoms with E-state index in [1.807, 2.05) is 42.1 Å². The van der Waals surface area contributed by atoms with Crippen LogP contribution in [-0.2, 0) is 11.8 Å². The standard InChI is InChI=1S/C15H16N4O2S2/c1-10(12-6-4-8-22-12)16-13(20)9-23-15-18-17-14(19(15)2)11-5-3-7-21-11/h3-8,10H,9H2,1-2H3,(H,16,20). The first-order valence-electron chi connectivity index (χ1n) is 7.04. The zero-order valence-electron chi connectivity index (χ0n) is 12.7. The van der Waals surface area contributed by atoms with E-state index in [1.165, 1.54) is 11.8 Å². The third-order valence-corrected chi connectivity index (χ3v) is 5.33. The molecule has 3 heterocycles. The Bertz CT molecular complexity index is 766. The number of furan rings is 1. The predicted molar refractivity (Wildman–Crippen MR) is 90.3 cm³/mol. The molecule has 1 atom stereocenters. The minimum atomic E-state index is -0.0292. The largest absolute Gasteiger partial charge is 0.461 e. The van der Waals surface area contributed by atoms with Crippen molar-refractivity contribution in [3.05, 3.63) is 40.8 Å². The molecule has 3 rings (SSSR count). The minimum Gasteiger partial charge on any atom is -0.461 e. The fourth-order valence-electron chi connectivity index (χ4n) is 2.08. The number of amides is 1. The summed E-state index contributed by atoms with van der Waals surface area (Å²) >= 11 is 2.98. The van der Waals surface area contributed by atoms with Crippen LogP contribution >= 0.6 is 23.1 Å². The highest BCUT2D eigenvalue weighted by molar-refractivity contribution is 7.99. The number of carbonyl (C=O) groups is 1. The second-order valence-electron chi connectivity index (χ2n) is 4.94. The molecule has 0 aliphatic rings. The average molecular weight is 348 g/mol. The summed E-state index contributed by atoms with van der Waals surface area (Å²) in [7, 11) is 1.85. The third-order valence-electron chi connectivity index (χ3n) is 3.26. The minimum absolute atomic E-state index is 0.0151. The van der Waals surface area contributed by atoms with E-state index in [0.29, 0.717) is 22.5 Å². The summed E-state index contributed by atoms with van der Waals surface area (Å²) in [6, 6.07) is 7.64. The molecule has 0 saturated heterocycles. The second kappa shape index (κ2) is 7.01. The summed E-state index contributed by atoms with van der Waals surface area (Å²) in [6.07, 6.45) is 1.59. The Morgan fingerprint density at radius 2 is 2.30 bits per heavy atom. The van der Waals surface area contributed by atoms with Gasteiger partial charge in [-0.1, -0.05) is 17.8 Å². The highest BCUT2D eigenvalue weighted by Gasteiger charge is 2.15. The van der Waals surface area contributed by atoms with Gasteiger partial charge in [0.15, 0.2) is 16.7 Å². The maximum absolute atomic E-state index is 12.1. The SMILES string of the molecule is CC(NC(=O)CSc1nnc(-c2ccco2)n1C)c1cccs1. The molecule has 1 unspecified atom stereocenters. The molecule has 3 aromatic rings. The molecule has 8 heteroatoms. The van der Waals surface area contributed by atoms with Gasteiger partial charge in [-0.25, -0.2) is 0 Å². The molecular weight excluding hydrogens is 332 g/mol. The topological polar surface area (TPSA) is 73.0 Å². The van der Waals surface area contributed by atoms with E-state index in [9.17, 15) is 4.79 Å². The van der Waals surface area contributed by atoms with Gasteiger partial charge in [0.2, 0.25) is 5.91 Å². The molecule has 6 nitrogen and oxygen atoms in total. The van der Waals surface area contributed by atoms with Gasteiger partial charge in [-0.05, 0) is 30.5 Å². The van der Waals surface area contributed by atoms with E-state index in [1.54, 1.807) is 23.7 Å². The lowest BCUT2D eigenvalue weighted by Gasteiger charge is -2.11. The fraction of sp³-hybridized carbons (Fsp3) is 0.267. The van der Waals surface area contributed by atoms with E-state index in [2.05, 4.69) is 15.5 Å². The van der Waals surface area contributed by atoms with Crippen LogP contribution < -0.4 is 5.32 Å². The van der Waals surface area contributed by atoms with Crippen LogP contribution in [-0.4, -0.2) is 26.4 Å². The maximum Gasteiger partial charge on any atom is 0.230 e. The molecule has 120 valence electrons. The van der Waals surface area contributed by atoms with Crippen molar-refractivity contribution in [2.24, 2.45) is 7.05 Å². The van der Waals surface area contributed by atoms with Gasteiger partial charge in [-0.15, -0.1) is 21.5 Å². The van der Waals surface area contributed by atoms with Crippen molar-refractivity contribution < 1.29 is 9.21 Å². The molecule has 1 amide bonds. The molecule has 0 saturated carbocycles. The van der Waals surface area contributed by atoms with Crippen LogP contribution in [0.3, 0.4) is 0 Å². The Kier molecular flexibility index (Phi) is 4.82. The summed E-state index contributed by atoms with van der Waals surface area (Å²) in [6.45, 7) is 1.98. The predicted octanol–water partition coefficient (Wildman–Crippen LogP) is 3.11. The first kappa shape index (κ1) is 15.8. The van der Waals surface area contributed by atoms with E-state index in [0.717, 1.165) is 4.88 Å². The number of thiophene rings is 1. The normalized spacial score (nSPS) is 12.3. The monoisotopic (exact) mass is 348 g/mol. The summed E-state index contributed by atoms with van der Waals surface area (Å²) in [5.41, 5.74) is 0. The Hall–Kier alpha value is -2.06. The summed E-state index contributed by atoms with van der Waals surface area (Å²) in [5.74, 6) is 1.56. The molecule has 0 aliphatic carbocycles. The number of hydrogen-bond donors (Lipinski definition) is 1. The van der Waals surface area contributed by atoms with Gasteiger partial charge in [0, 0.05) is 11.9 Å². The number of hydrogen-bond acceptors (Lipinski definition) is 6. The van der Waals surface area contributed by atoms with E-state index < -0.39 is 0 Å². The van der Waals surface area contributed by atoms with E-state index in [4.69, 9.17) is 4.42 Å². The van der Waals surface area contributed by atoms with Crippen LogP contribution in [0.2, 0.25) is 0 Å². The van der Waals surface area contributed by atoms with Crippen molar-refractivity contribution in [1.29, 1.82) is 0 Å². The van der Waals surface area contributed by atoms with Crippen molar-refractivity contribution in [3.63, 3.8) is 0 Å². The van der Waals surface area contributed by atoms with Gasteiger partial charge in [0.1, 0.15) is 0 Å². The first-order valence-corrected chi connectivity index (χ1v) is 8.90. The lowest BCUT2D eigenvalue weighted by molar-refractivity contribution is -0.119. The summed E-state index contributed by atoms with van der Waals surface area (Å²) in [4.78, 5) is 13.2. The Morgan fingerprint density at radius 3 is 3.00 bits per heavy atom. The van der Waals surface area contributed by atoms with Crippen molar-refractivity contribution in [2.75, 3.05) is 5.75 Å². The Morgan fingerprint density at radius 1 is 1.43 bits per heavy atom. The molecular formula is C15H16N4O2S2. The fourth-order valence-corrected chi connectivity index (χ4v) is 3.54. The number of nitrogens with zero attached hydrogens (tertiary/aromatic N) is 3. The van der Waals surface area contributed by atoms with E-state index in [-0.39, 0.29) is 11.9 Å². The van der Waals surface area contributed by atoms with Crippen LogP contribution in [0.15, 0.2) is 45.5 Å². The van der Waals surface area contributed by atoms with Crippen molar-refractivity contribution in [1.82, 2.24) is 20.1 Å². The lowest BCUT2D eigenvalue weighted by Crippen LogP contribution is -2.27. The molecule has 1 N–H and O–H groups in total. The molecule has 0 radical (unpaired) electrons. The highest BCUT2D eigenvalue weighted by atomic mass is 32.2. The zero-order valence-corrected chi connectivity index (χ0v) is 14.4. The highest BCUT2D eigenvalue weighted by Crippen LogP contribution is 2.23. The van der Waals surface area contributed by atoms with Gasteiger partial charge in [0.25, 0.3) is 0 Å². The van der Waals surface area contributed by atoms with Crippen molar-refractivity contribution in [3.8, 4) is 11.6 Å². The van der Waals surface area contributed by atoms with Crippen LogP contribution in [0.4, 0.5) is 0 Å². The van der Waals surface area contributed by atoms with Gasteiger partial charge in [-0.2, -0.15) is 0 Å². The van der Waals surface area contributed by atoms with Crippen LogP contribution in [0.1, 0.15) is 17.8 Å². The Balaban J connectivity index is 1.57. The average Bonchev–Trinajstić information content (AvgIpc) is 3.27. The van der Waals surface area contributed by atoms with Gasteiger partial charge >= 0.3 is 0 Å². The lowest BCUT2D eigenvalue weighted by atomic mass is 10.3. The zero-order chi connectivity index (χ0) is 16.2. The van der Waals surface area contributed by atoms with Crippen LogP contribution in [0, 0.1) is 0 Å². The smallest absolute Gasteiger partial charge is 0.230 e. The van der Waals surface area contributed by atoms with Crippen LogP contribution in [0.5, 0.6) is 0 Å². The first-order chi connectivity index (χ1) is 11.1. The van der Waals surface area contributed by atoms with Crippen molar-refractivity contribution in [2.45, 2.75) is 18.1 Å². The Labute approximate surface area is 141 Å². The molecule has 0 bridgehead atoms. The number of carbonyl (C=O) groups excluding carboxylic acids is 1. The van der Waals surface area contributed by atoms with Gasteiger partial charge in [-0.3, -0.25) is 4.79 Å². The molecule has 0 fully saturated rings. The number of aromatic nitrogens is 3. The molecule has 0 spiro atoms. The summed E-state index contributed by atoms with van der Waals surface area (Å²) in [5, 5.41) is 13.9. The number of rotatable bonds is 6. The molecule has 0 aliphatic heterocycles. The van der Waals surface area contributed by atoms with Crippen LogP contribution in [0.25, 0.3) is 11.6 Å². The van der Waals surface area contributed by atoms with Gasteiger partial charge in [0.05, 0.1) is 18.1 Å². The molecule has 0 aromatic carbocycles. The van der Waals surface area contributed by atoms with Crippen molar-refractivity contribution >= 4 is 29.0 Å². The maximum atomic E-state index is 12.1. The second-order valence-corrected chi connectivity index (χ2v) is 6.86. The summed E-state index contributed by atoms with van der Waals surface area (Å²) < 4.78 is 7.14. The third kappa shape index (κ3) is 3.65.